The van der Waals surface area contributed by atoms with Crippen molar-refractivity contribution in [3.63, 3.8) is 0 Å². The van der Waals surface area contributed by atoms with E-state index in [1.165, 1.54) is 11.1 Å². The summed E-state index contributed by atoms with van der Waals surface area (Å²) in [6, 6.07) is 0. The molecule has 0 aromatic heterocycles. The van der Waals surface area contributed by atoms with Gasteiger partial charge in [0, 0.05) is 0 Å². The van der Waals surface area contributed by atoms with Crippen LogP contribution >= 0.6 is 0 Å². The molecule has 0 aromatic carbocycles. The van der Waals surface area contributed by atoms with E-state index in [9.17, 15) is 0 Å². The molecule has 1 rings (SSSR count). The van der Waals surface area contributed by atoms with E-state index in [4.69, 9.17) is 4.74 Å². The van der Waals surface area contributed by atoms with Crippen LogP contribution < -0.4 is 0 Å². The van der Waals surface area contributed by atoms with Crippen LogP contribution in [-0.4, -0.2) is 12.2 Å². The van der Waals surface area contributed by atoms with Gasteiger partial charge >= 0.3 is 0 Å². The topological polar surface area (TPSA) is 9.23 Å². The summed E-state index contributed by atoms with van der Waals surface area (Å²) >= 11 is 0. The Labute approximate surface area is 87.8 Å². The Morgan fingerprint density at radius 1 is 1.57 bits per heavy atom. The van der Waals surface area contributed by atoms with Crippen molar-refractivity contribution in [3.05, 3.63) is 23.8 Å². The van der Waals surface area contributed by atoms with Crippen LogP contribution in [0.2, 0.25) is 0 Å². The third-order valence-corrected chi connectivity index (χ3v) is 2.86. The summed E-state index contributed by atoms with van der Waals surface area (Å²) in [6.07, 6.45) is 6.81. The zero-order chi connectivity index (χ0) is 10.6. The minimum absolute atomic E-state index is 0.0904. The summed E-state index contributed by atoms with van der Waals surface area (Å²) < 4.78 is 5.83. The first-order valence-corrected chi connectivity index (χ1v) is 5.46. The number of rotatable bonds is 3. The molecule has 1 aliphatic heterocycles. The molecular formula is C13H22O. The largest absolute Gasteiger partial charge is 0.371 e. The van der Waals surface area contributed by atoms with Crippen molar-refractivity contribution in [2.75, 3.05) is 6.61 Å². The van der Waals surface area contributed by atoms with Crippen molar-refractivity contribution in [3.8, 4) is 0 Å². The van der Waals surface area contributed by atoms with Gasteiger partial charge in [-0.1, -0.05) is 23.8 Å². The van der Waals surface area contributed by atoms with Crippen molar-refractivity contribution < 1.29 is 4.74 Å². The minimum Gasteiger partial charge on any atom is -0.371 e. The quantitative estimate of drug-likeness (QED) is 0.620. The Balaban J connectivity index is 2.35. The molecule has 1 aliphatic rings. The van der Waals surface area contributed by atoms with Crippen LogP contribution in [0.15, 0.2) is 23.8 Å². The summed E-state index contributed by atoms with van der Waals surface area (Å²) in [6.45, 7) is 11.2. The van der Waals surface area contributed by atoms with Gasteiger partial charge in [0.25, 0.3) is 0 Å². The molecule has 0 aliphatic carbocycles. The predicted octanol–water partition coefficient (Wildman–Crippen LogP) is 3.86. The zero-order valence-corrected chi connectivity index (χ0v) is 9.73. The molecule has 0 aromatic rings. The normalized spacial score (nSPS) is 27.5. The summed E-state index contributed by atoms with van der Waals surface area (Å²) in [4.78, 5) is 0. The Morgan fingerprint density at radius 2 is 2.29 bits per heavy atom. The first-order valence-electron chi connectivity index (χ1n) is 5.46. The van der Waals surface area contributed by atoms with Gasteiger partial charge in [-0.3, -0.25) is 0 Å². The van der Waals surface area contributed by atoms with Crippen molar-refractivity contribution in [2.45, 2.75) is 52.1 Å². The minimum atomic E-state index is 0.0904. The third kappa shape index (κ3) is 3.67. The molecule has 1 fully saturated rings. The van der Waals surface area contributed by atoms with E-state index in [1.54, 1.807) is 0 Å². The maximum atomic E-state index is 5.83. The highest BCUT2D eigenvalue weighted by atomic mass is 16.5. The lowest BCUT2D eigenvalue weighted by Gasteiger charge is -2.34. The highest BCUT2D eigenvalue weighted by Crippen LogP contribution is 2.30. The van der Waals surface area contributed by atoms with Crippen molar-refractivity contribution >= 4 is 0 Å². The fourth-order valence-corrected chi connectivity index (χ4v) is 1.73. The molecule has 80 valence electrons. The molecule has 0 spiro atoms. The Hall–Kier alpha value is -0.560. The Bertz CT molecular complexity index is 224. The fraction of sp³-hybridized carbons (Fsp3) is 0.692. The molecule has 0 saturated carbocycles. The molecule has 0 radical (unpaired) electrons. The van der Waals surface area contributed by atoms with Gasteiger partial charge in [-0.25, -0.2) is 0 Å². The lowest BCUT2D eigenvalue weighted by molar-refractivity contribution is -0.0488. The molecule has 1 nitrogen and oxygen atoms in total. The van der Waals surface area contributed by atoms with E-state index in [0.29, 0.717) is 0 Å². The van der Waals surface area contributed by atoms with E-state index < -0.39 is 0 Å². The molecule has 1 heteroatoms. The van der Waals surface area contributed by atoms with Gasteiger partial charge in [0.1, 0.15) is 0 Å². The summed E-state index contributed by atoms with van der Waals surface area (Å²) in [7, 11) is 0. The number of hydrogen-bond donors (Lipinski definition) is 0. The van der Waals surface area contributed by atoms with Crippen molar-refractivity contribution in [2.24, 2.45) is 0 Å². The lowest BCUT2D eigenvalue weighted by atomic mass is 9.89. The monoisotopic (exact) mass is 194 g/mol. The van der Waals surface area contributed by atoms with Gasteiger partial charge in [0.15, 0.2) is 0 Å². The first kappa shape index (κ1) is 11.5. The maximum Gasteiger partial charge on any atom is 0.0681 e. The van der Waals surface area contributed by atoms with Crippen molar-refractivity contribution in [1.29, 1.82) is 0 Å². The Kier molecular flexibility index (Phi) is 3.94. The molecule has 0 amide bonds. The van der Waals surface area contributed by atoms with Gasteiger partial charge in [-0.15, -0.1) is 0 Å². The first-order chi connectivity index (χ1) is 6.52. The third-order valence-electron chi connectivity index (χ3n) is 2.86. The van der Waals surface area contributed by atoms with Crippen molar-refractivity contribution in [1.82, 2.24) is 0 Å². The maximum absolute atomic E-state index is 5.83. The second-order valence-electron chi connectivity index (χ2n) is 4.81. The molecule has 14 heavy (non-hydrogen) atoms. The second kappa shape index (κ2) is 4.79. The second-order valence-corrected chi connectivity index (χ2v) is 4.81. The van der Waals surface area contributed by atoms with Gasteiger partial charge in [0.05, 0.1) is 12.2 Å². The van der Waals surface area contributed by atoms with Crippen LogP contribution in [-0.2, 0) is 4.74 Å². The smallest absolute Gasteiger partial charge is 0.0681 e. The molecule has 1 unspecified atom stereocenters. The molecule has 1 atom stereocenters. The van der Waals surface area contributed by atoms with Crippen LogP contribution in [0.5, 0.6) is 0 Å². The van der Waals surface area contributed by atoms with Gasteiger partial charge in [-0.05, 0) is 46.5 Å². The predicted molar refractivity (Wildman–Crippen MR) is 61.4 cm³/mol. The number of allylic oxidation sites excluding steroid dienone is 2. The standard InChI is InChI=1S/C13H22O/c1-11(2)6-5-8-13(4)9-7-12(3)10-14-13/h6H,3,5,7-10H2,1-2,4H3. The highest BCUT2D eigenvalue weighted by molar-refractivity contribution is 5.02. The van der Waals surface area contributed by atoms with E-state index in [-0.39, 0.29) is 5.60 Å². The fourth-order valence-electron chi connectivity index (χ4n) is 1.73. The van der Waals surface area contributed by atoms with E-state index >= 15 is 0 Å². The summed E-state index contributed by atoms with van der Waals surface area (Å²) in [5, 5.41) is 0. The number of ether oxygens (including phenoxy) is 1. The highest BCUT2D eigenvalue weighted by Gasteiger charge is 2.27. The van der Waals surface area contributed by atoms with Crippen LogP contribution in [0.4, 0.5) is 0 Å². The number of hydrogen-bond acceptors (Lipinski definition) is 1. The van der Waals surface area contributed by atoms with Crippen LogP contribution in [0.1, 0.15) is 46.5 Å². The van der Waals surface area contributed by atoms with E-state index in [0.717, 1.165) is 32.3 Å². The van der Waals surface area contributed by atoms with Crippen LogP contribution in [0, 0.1) is 0 Å². The van der Waals surface area contributed by atoms with Gasteiger partial charge < -0.3 is 4.74 Å². The molecule has 0 N–H and O–H groups in total. The molecule has 1 saturated heterocycles. The van der Waals surface area contributed by atoms with Crippen LogP contribution in [0.3, 0.4) is 0 Å². The SMILES string of the molecule is C=C1CCC(C)(CCC=C(C)C)OC1. The zero-order valence-electron chi connectivity index (χ0n) is 9.73. The lowest BCUT2D eigenvalue weighted by Crippen LogP contribution is -2.33. The molecule has 0 bridgehead atoms. The average molecular weight is 194 g/mol. The van der Waals surface area contributed by atoms with Gasteiger partial charge in [-0.2, -0.15) is 0 Å². The summed E-state index contributed by atoms with van der Waals surface area (Å²) in [5.41, 5.74) is 2.73. The molecular weight excluding hydrogens is 172 g/mol. The van der Waals surface area contributed by atoms with Gasteiger partial charge in [0.2, 0.25) is 0 Å². The van der Waals surface area contributed by atoms with E-state index in [1.807, 2.05) is 0 Å². The summed E-state index contributed by atoms with van der Waals surface area (Å²) in [5.74, 6) is 0. The Morgan fingerprint density at radius 3 is 2.79 bits per heavy atom. The van der Waals surface area contributed by atoms with Crippen LogP contribution in [0.25, 0.3) is 0 Å². The molecule has 1 heterocycles. The average Bonchev–Trinajstić information content (AvgIpc) is 2.10. The van der Waals surface area contributed by atoms with E-state index in [2.05, 4.69) is 33.4 Å².